The van der Waals surface area contributed by atoms with Crippen LogP contribution in [0.4, 0.5) is 0 Å². The SMILES string of the molecule is CC#CCn1c(=O)c2c(ncn2[C@@H](C)C(=O)OC)n(C)c1=O. The van der Waals surface area contributed by atoms with Crippen LogP contribution in [-0.4, -0.2) is 31.8 Å². The lowest BCUT2D eigenvalue weighted by Gasteiger charge is -2.12. The van der Waals surface area contributed by atoms with Crippen LogP contribution in [0.2, 0.25) is 0 Å². The molecule has 2 rings (SSSR count). The highest BCUT2D eigenvalue weighted by Crippen LogP contribution is 2.14. The van der Waals surface area contributed by atoms with E-state index in [0.717, 1.165) is 4.57 Å². The van der Waals surface area contributed by atoms with Gasteiger partial charge in [0, 0.05) is 7.05 Å². The summed E-state index contributed by atoms with van der Waals surface area (Å²) in [6, 6.07) is -0.731. The van der Waals surface area contributed by atoms with Crippen molar-refractivity contribution in [3.63, 3.8) is 0 Å². The molecular weight excluding hydrogens is 288 g/mol. The van der Waals surface area contributed by atoms with E-state index < -0.39 is 23.3 Å². The highest BCUT2D eigenvalue weighted by atomic mass is 16.5. The summed E-state index contributed by atoms with van der Waals surface area (Å²) in [5.74, 6) is 4.83. The fourth-order valence-electron chi connectivity index (χ4n) is 2.16. The summed E-state index contributed by atoms with van der Waals surface area (Å²) in [4.78, 5) is 40.5. The molecule has 8 nitrogen and oxygen atoms in total. The van der Waals surface area contributed by atoms with Gasteiger partial charge in [0.25, 0.3) is 5.56 Å². The Hall–Kier alpha value is -2.82. The van der Waals surface area contributed by atoms with E-state index in [1.165, 1.54) is 29.6 Å². The van der Waals surface area contributed by atoms with Crippen LogP contribution in [0.25, 0.3) is 11.2 Å². The number of nitrogens with zero attached hydrogens (tertiary/aromatic N) is 4. The molecule has 0 spiro atoms. The highest BCUT2D eigenvalue weighted by Gasteiger charge is 2.22. The third-order valence-electron chi connectivity index (χ3n) is 3.43. The van der Waals surface area contributed by atoms with Crippen LogP contribution in [0.15, 0.2) is 15.9 Å². The van der Waals surface area contributed by atoms with Crippen LogP contribution >= 0.6 is 0 Å². The molecule has 0 aromatic carbocycles. The molecule has 0 radical (unpaired) electrons. The second-order valence-corrected chi connectivity index (χ2v) is 4.68. The monoisotopic (exact) mass is 304 g/mol. The van der Waals surface area contributed by atoms with Gasteiger partial charge < -0.3 is 9.30 Å². The van der Waals surface area contributed by atoms with E-state index in [9.17, 15) is 14.4 Å². The van der Waals surface area contributed by atoms with Gasteiger partial charge in [0.15, 0.2) is 11.2 Å². The Morgan fingerprint density at radius 3 is 2.73 bits per heavy atom. The minimum Gasteiger partial charge on any atom is -0.467 e. The van der Waals surface area contributed by atoms with Crippen LogP contribution in [-0.2, 0) is 23.1 Å². The van der Waals surface area contributed by atoms with Gasteiger partial charge in [-0.05, 0) is 13.8 Å². The molecule has 2 aromatic rings. The first-order valence-corrected chi connectivity index (χ1v) is 6.57. The zero-order chi connectivity index (χ0) is 16.4. The standard InChI is InChI=1S/C14H16N4O4/c1-5-6-7-17-12(19)10-11(16(3)14(17)21)15-8-18(10)9(2)13(20)22-4/h8-9H,7H2,1-4H3/t9-/m0/s1. The fraction of sp³-hybridized carbons (Fsp3) is 0.429. The number of carbonyl (C=O) groups is 1. The van der Waals surface area contributed by atoms with Crippen molar-refractivity contribution in [2.24, 2.45) is 7.05 Å². The Kier molecular flexibility index (Phi) is 4.17. The number of aromatic nitrogens is 4. The lowest BCUT2D eigenvalue weighted by molar-refractivity contribution is -0.143. The Morgan fingerprint density at radius 2 is 2.14 bits per heavy atom. The zero-order valence-corrected chi connectivity index (χ0v) is 12.8. The van der Waals surface area contributed by atoms with E-state index in [2.05, 4.69) is 21.6 Å². The molecule has 0 aliphatic heterocycles. The maximum absolute atomic E-state index is 12.6. The Labute approximate surface area is 125 Å². The first-order chi connectivity index (χ1) is 10.4. The third-order valence-corrected chi connectivity index (χ3v) is 3.43. The number of fused-ring (bicyclic) bond motifs is 1. The summed E-state index contributed by atoms with van der Waals surface area (Å²) in [6.45, 7) is 3.20. The summed E-state index contributed by atoms with van der Waals surface area (Å²) < 4.78 is 8.36. The van der Waals surface area contributed by atoms with Crippen LogP contribution in [0.3, 0.4) is 0 Å². The molecule has 22 heavy (non-hydrogen) atoms. The molecule has 8 heteroatoms. The molecule has 2 heterocycles. The normalized spacial score (nSPS) is 11.8. The predicted molar refractivity (Wildman–Crippen MR) is 79.4 cm³/mol. The van der Waals surface area contributed by atoms with Crippen molar-refractivity contribution in [1.29, 1.82) is 0 Å². The number of rotatable bonds is 3. The summed E-state index contributed by atoms with van der Waals surface area (Å²) in [5, 5.41) is 0. The number of methoxy groups -OCH3 is 1. The van der Waals surface area contributed by atoms with E-state index in [-0.39, 0.29) is 17.7 Å². The first-order valence-electron chi connectivity index (χ1n) is 6.57. The number of imidazole rings is 1. The van der Waals surface area contributed by atoms with Crippen molar-refractivity contribution in [2.75, 3.05) is 7.11 Å². The van der Waals surface area contributed by atoms with E-state index in [1.807, 2.05) is 0 Å². The smallest absolute Gasteiger partial charge is 0.333 e. The molecule has 1 atom stereocenters. The van der Waals surface area contributed by atoms with Crippen LogP contribution in [0, 0.1) is 11.8 Å². The van der Waals surface area contributed by atoms with Gasteiger partial charge in [-0.15, -0.1) is 5.92 Å². The average molecular weight is 304 g/mol. The van der Waals surface area contributed by atoms with E-state index in [4.69, 9.17) is 0 Å². The first kappa shape index (κ1) is 15.6. The summed E-state index contributed by atoms with van der Waals surface area (Å²) in [6.07, 6.45) is 1.35. The maximum Gasteiger partial charge on any atom is 0.333 e. The summed E-state index contributed by atoms with van der Waals surface area (Å²) in [5.41, 5.74) is -0.658. The molecule has 0 N–H and O–H groups in total. The summed E-state index contributed by atoms with van der Waals surface area (Å²) in [7, 11) is 2.78. The van der Waals surface area contributed by atoms with Crippen molar-refractivity contribution in [3.8, 4) is 11.8 Å². The van der Waals surface area contributed by atoms with Gasteiger partial charge in [0.2, 0.25) is 0 Å². The lowest BCUT2D eigenvalue weighted by atomic mass is 10.3. The lowest BCUT2D eigenvalue weighted by Crippen LogP contribution is -2.39. The second-order valence-electron chi connectivity index (χ2n) is 4.68. The van der Waals surface area contributed by atoms with Crippen molar-refractivity contribution in [3.05, 3.63) is 27.2 Å². The minimum absolute atomic E-state index is 0.0181. The van der Waals surface area contributed by atoms with Crippen molar-refractivity contribution in [1.82, 2.24) is 18.7 Å². The van der Waals surface area contributed by atoms with Crippen LogP contribution in [0.1, 0.15) is 19.9 Å². The van der Waals surface area contributed by atoms with Crippen molar-refractivity contribution >= 4 is 17.1 Å². The predicted octanol–water partition coefficient (Wildman–Crippen LogP) is -0.346. The Morgan fingerprint density at radius 1 is 1.45 bits per heavy atom. The van der Waals surface area contributed by atoms with Crippen molar-refractivity contribution < 1.29 is 9.53 Å². The molecule has 0 unspecified atom stereocenters. The molecule has 2 aromatic heterocycles. The molecule has 0 saturated heterocycles. The molecule has 0 bridgehead atoms. The summed E-state index contributed by atoms with van der Waals surface area (Å²) >= 11 is 0. The topological polar surface area (TPSA) is 88.1 Å². The average Bonchev–Trinajstić information content (AvgIpc) is 2.96. The third kappa shape index (κ3) is 2.30. The number of esters is 1. The van der Waals surface area contributed by atoms with Gasteiger partial charge in [0.1, 0.15) is 6.04 Å². The van der Waals surface area contributed by atoms with Gasteiger partial charge in [0.05, 0.1) is 20.0 Å². The molecule has 0 saturated carbocycles. The molecule has 0 amide bonds. The highest BCUT2D eigenvalue weighted by molar-refractivity contribution is 5.78. The fourth-order valence-corrected chi connectivity index (χ4v) is 2.16. The van der Waals surface area contributed by atoms with Gasteiger partial charge in [-0.1, -0.05) is 5.92 Å². The number of aryl methyl sites for hydroxylation is 1. The van der Waals surface area contributed by atoms with E-state index in [0.29, 0.717) is 0 Å². The van der Waals surface area contributed by atoms with Crippen molar-refractivity contribution in [2.45, 2.75) is 26.4 Å². The second kappa shape index (κ2) is 5.89. The Bertz CT molecular complexity index is 907. The van der Waals surface area contributed by atoms with Crippen LogP contribution in [0.5, 0.6) is 0 Å². The zero-order valence-electron chi connectivity index (χ0n) is 12.8. The molecule has 0 aliphatic rings. The molecule has 0 fully saturated rings. The number of hydrogen-bond acceptors (Lipinski definition) is 5. The Balaban J connectivity index is 2.81. The quantitative estimate of drug-likeness (QED) is 0.571. The molecule has 0 aliphatic carbocycles. The number of ether oxygens (including phenoxy) is 1. The number of hydrogen-bond donors (Lipinski definition) is 0. The van der Waals surface area contributed by atoms with E-state index >= 15 is 0 Å². The van der Waals surface area contributed by atoms with Gasteiger partial charge in [-0.25, -0.2) is 19.1 Å². The van der Waals surface area contributed by atoms with E-state index in [1.54, 1.807) is 13.8 Å². The van der Waals surface area contributed by atoms with Gasteiger partial charge in [-0.3, -0.25) is 9.36 Å². The molecule has 116 valence electrons. The largest absolute Gasteiger partial charge is 0.467 e. The van der Waals surface area contributed by atoms with Gasteiger partial charge >= 0.3 is 11.7 Å². The van der Waals surface area contributed by atoms with Crippen LogP contribution < -0.4 is 11.2 Å². The van der Waals surface area contributed by atoms with Gasteiger partial charge in [-0.2, -0.15) is 0 Å². The molecular formula is C14H16N4O4. The maximum atomic E-state index is 12.6. The number of carbonyl (C=O) groups excluding carboxylic acids is 1. The minimum atomic E-state index is -0.731.